The molecule has 8 heteroatoms. The van der Waals surface area contributed by atoms with Crippen LogP contribution in [-0.4, -0.2) is 38.5 Å². The van der Waals surface area contributed by atoms with Gasteiger partial charge in [0, 0.05) is 19.2 Å². The zero-order valence-electron chi connectivity index (χ0n) is 19.1. The molecule has 0 heterocycles. The summed E-state index contributed by atoms with van der Waals surface area (Å²) in [5, 5.41) is 4.16. The molecule has 0 bridgehead atoms. The van der Waals surface area contributed by atoms with Gasteiger partial charge in [-0.2, -0.15) is 9.41 Å². The fourth-order valence-electron chi connectivity index (χ4n) is 3.09. The molecule has 0 saturated carbocycles. The molecule has 0 spiro atoms. The Bertz CT molecular complexity index is 1230. The van der Waals surface area contributed by atoms with Crippen LogP contribution in [0.2, 0.25) is 0 Å². The number of rotatable bonds is 8. The average molecular weight is 466 g/mol. The third kappa shape index (κ3) is 6.06. The number of hydrogen-bond donors (Lipinski definition) is 1. The average Bonchev–Trinajstić information content (AvgIpc) is 2.83. The number of sulfonamides is 1. The molecule has 3 rings (SSSR count). The van der Waals surface area contributed by atoms with Gasteiger partial charge < -0.3 is 4.74 Å². The normalized spacial score (nSPS) is 12.0. The van der Waals surface area contributed by atoms with Crippen molar-refractivity contribution in [3.63, 3.8) is 0 Å². The number of ether oxygens (including phenoxy) is 1. The van der Waals surface area contributed by atoms with Crippen molar-refractivity contribution in [2.75, 3.05) is 14.2 Å². The van der Waals surface area contributed by atoms with Crippen LogP contribution in [0.3, 0.4) is 0 Å². The lowest BCUT2D eigenvalue weighted by molar-refractivity contribution is 0.0955. The summed E-state index contributed by atoms with van der Waals surface area (Å²) in [5.41, 5.74) is 6.26. The highest BCUT2D eigenvalue weighted by Gasteiger charge is 2.20. The summed E-state index contributed by atoms with van der Waals surface area (Å²) in [6, 6.07) is 20.9. The zero-order valence-corrected chi connectivity index (χ0v) is 19.9. The molecule has 0 fully saturated rings. The van der Waals surface area contributed by atoms with Crippen molar-refractivity contribution in [2.45, 2.75) is 25.3 Å². The monoisotopic (exact) mass is 465 g/mol. The Kier molecular flexibility index (Phi) is 7.63. The third-order valence-corrected chi connectivity index (χ3v) is 7.00. The molecule has 3 aromatic carbocycles. The summed E-state index contributed by atoms with van der Waals surface area (Å²) in [5.74, 6) is 0.392. The van der Waals surface area contributed by atoms with E-state index in [9.17, 15) is 13.2 Å². The molecular formula is C25H27N3O4S. The first-order valence-corrected chi connectivity index (χ1v) is 11.8. The zero-order chi connectivity index (χ0) is 24.0. The molecular weight excluding hydrogens is 438 g/mol. The number of carbonyl (C=O) groups excluding carboxylic acids is 1. The lowest BCUT2D eigenvalue weighted by Crippen LogP contribution is -2.26. The number of aryl methyl sites for hydroxylation is 1. The van der Waals surface area contributed by atoms with Crippen LogP contribution in [0.15, 0.2) is 82.8 Å². The van der Waals surface area contributed by atoms with Gasteiger partial charge in [0.1, 0.15) is 5.75 Å². The fourth-order valence-corrected chi connectivity index (χ4v) is 4.25. The molecule has 172 valence electrons. The summed E-state index contributed by atoms with van der Waals surface area (Å²) in [6.07, 6.45) is 0. The minimum atomic E-state index is -3.60. The van der Waals surface area contributed by atoms with Crippen LogP contribution < -0.4 is 10.2 Å². The first kappa shape index (κ1) is 24.2. The predicted molar refractivity (Wildman–Crippen MR) is 129 cm³/mol. The van der Waals surface area contributed by atoms with Crippen molar-refractivity contribution in [3.05, 3.63) is 95.1 Å². The van der Waals surface area contributed by atoms with Crippen LogP contribution in [0, 0.1) is 6.92 Å². The van der Waals surface area contributed by atoms with E-state index in [0.29, 0.717) is 11.3 Å². The molecule has 0 aliphatic heterocycles. The fraction of sp³-hybridized carbons (Fsp3) is 0.200. The van der Waals surface area contributed by atoms with Crippen LogP contribution >= 0.6 is 0 Å². The molecule has 0 aromatic heterocycles. The number of hydrazone groups is 1. The number of carbonyl (C=O) groups is 1. The van der Waals surface area contributed by atoms with Crippen LogP contribution in [0.4, 0.5) is 0 Å². The number of nitrogens with one attached hydrogen (secondary N) is 1. The van der Waals surface area contributed by atoms with Crippen LogP contribution in [-0.2, 0) is 16.6 Å². The number of nitrogens with zero attached hydrogens (tertiary/aromatic N) is 2. The molecule has 0 radical (unpaired) electrons. The minimum absolute atomic E-state index is 0.187. The predicted octanol–water partition coefficient (Wildman–Crippen LogP) is 3.98. The molecule has 7 nitrogen and oxygen atoms in total. The molecule has 33 heavy (non-hydrogen) atoms. The summed E-state index contributed by atoms with van der Waals surface area (Å²) in [4.78, 5) is 12.7. The quantitative estimate of drug-likeness (QED) is 0.403. The summed E-state index contributed by atoms with van der Waals surface area (Å²) < 4.78 is 32.0. The second kappa shape index (κ2) is 10.4. The standard InChI is InChI=1S/C25H27N3O4S/c1-18-5-15-24(16-6-18)33(30,31)28(3)17-20-7-9-22(10-8-20)25(29)27-26-19(2)21-11-13-23(32-4)14-12-21/h5-16H,17H2,1-4H3,(H,27,29)/b26-19+. The van der Waals surface area contributed by atoms with E-state index in [1.165, 1.54) is 11.4 Å². The van der Waals surface area contributed by atoms with Gasteiger partial charge in [-0.15, -0.1) is 0 Å². The van der Waals surface area contributed by atoms with Crippen LogP contribution in [0.1, 0.15) is 34.0 Å². The van der Waals surface area contributed by atoms with E-state index in [4.69, 9.17) is 4.74 Å². The van der Waals surface area contributed by atoms with E-state index in [0.717, 1.165) is 22.4 Å². The van der Waals surface area contributed by atoms with Gasteiger partial charge in [-0.25, -0.2) is 13.8 Å². The molecule has 0 unspecified atom stereocenters. The number of amides is 1. The largest absolute Gasteiger partial charge is 0.497 e. The lowest BCUT2D eigenvalue weighted by Gasteiger charge is -2.17. The van der Waals surface area contributed by atoms with Crippen molar-refractivity contribution in [3.8, 4) is 5.75 Å². The van der Waals surface area contributed by atoms with Gasteiger partial charge in [-0.1, -0.05) is 29.8 Å². The first-order chi connectivity index (χ1) is 15.7. The van der Waals surface area contributed by atoms with Crippen molar-refractivity contribution < 1.29 is 17.9 Å². The maximum atomic E-state index is 12.8. The van der Waals surface area contributed by atoms with Crippen molar-refractivity contribution in [2.24, 2.45) is 5.10 Å². The second-order valence-corrected chi connectivity index (χ2v) is 9.68. The summed E-state index contributed by atoms with van der Waals surface area (Å²) in [7, 11) is -0.467. The Balaban J connectivity index is 1.63. The molecule has 0 atom stereocenters. The first-order valence-electron chi connectivity index (χ1n) is 10.3. The van der Waals surface area contributed by atoms with E-state index >= 15 is 0 Å². The second-order valence-electron chi connectivity index (χ2n) is 7.64. The number of hydrogen-bond acceptors (Lipinski definition) is 5. The van der Waals surface area contributed by atoms with Gasteiger partial charge in [-0.05, 0) is 73.5 Å². The number of benzene rings is 3. The highest BCUT2D eigenvalue weighted by molar-refractivity contribution is 7.89. The maximum Gasteiger partial charge on any atom is 0.271 e. The minimum Gasteiger partial charge on any atom is -0.497 e. The Morgan fingerprint density at radius 1 is 0.939 bits per heavy atom. The lowest BCUT2D eigenvalue weighted by atomic mass is 10.1. The van der Waals surface area contributed by atoms with Gasteiger partial charge in [0.25, 0.3) is 5.91 Å². The van der Waals surface area contributed by atoms with Crippen molar-refractivity contribution in [1.82, 2.24) is 9.73 Å². The van der Waals surface area contributed by atoms with Crippen LogP contribution in [0.5, 0.6) is 5.75 Å². The SMILES string of the molecule is COc1ccc(/C(C)=N/NC(=O)c2ccc(CN(C)S(=O)(=O)c3ccc(C)cc3)cc2)cc1. The molecule has 0 aliphatic carbocycles. The molecule has 1 N–H and O–H groups in total. The maximum absolute atomic E-state index is 12.8. The highest BCUT2D eigenvalue weighted by Crippen LogP contribution is 2.18. The van der Waals surface area contributed by atoms with Crippen LogP contribution in [0.25, 0.3) is 0 Å². The van der Waals surface area contributed by atoms with Crippen molar-refractivity contribution >= 4 is 21.6 Å². The van der Waals surface area contributed by atoms with Gasteiger partial charge in [0.15, 0.2) is 0 Å². The van der Waals surface area contributed by atoms with Gasteiger partial charge in [-0.3, -0.25) is 4.79 Å². The third-order valence-electron chi connectivity index (χ3n) is 5.18. The van der Waals surface area contributed by atoms with E-state index in [-0.39, 0.29) is 17.3 Å². The summed E-state index contributed by atoms with van der Waals surface area (Å²) >= 11 is 0. The van der Waals surface area contributed by atoms with Gasteiger partial charge in [0.05, 0.1) is 17.7 Å². The summed E-state index contributed by atoms with van der Waals surface area (Å²) in [6.45, 7) is 3.89. The number of methoxy groups -OCH3 is 1. The van der Waals surface area contributed by atoms with E-state index < -0.39 is 10.0 Å². The van der Waals surface area contributed by atoms with Gasteiger partial charge in [0.2, 0.25) is 10.0 Å². The molecule has 3 aromatic rings. The van der Waals surface area contributed by atoms with Gasteiger partial charge >= 0.3 is 0 Å². The highest BCUT2D eigenvalue weighted by atomic mass is 32.2. The molecule has 1 amide bonds. The Hall–Kier alpha value is -3.49. The van der Waals surface area contributed by atoms with E-state index in [1.54, 1.807) is 62.6 Å². The van der Waals surface area contributed by atoms with Crippen molar-refractivity contribution in [1.29, 1.82) is 0 Å². The topological polar surface area (TPSA) is 88.1 Å². The molecule has 0 saturated heterocycles. The Labute approximate surface area is 194 Å². The van der Waals surface area contributed by atoms with E-state index in [2.05, 4.69) is 10.5 Å². The Morgan fingerprint density at radius 3 is 2.09 bits per heavy atom. The van der Waals surface area contributed by atoms with E-state index in [1.807, 2.05) is 31.2 Å². The Morgan fingerprint density at radius 2 is 1.52 bits per heavy atom. The smallest absolute Gasteiger partial charge is 0.271 e. The molecule has 0 aliphatic rings.